The first-order valence-corrected chi connectivity index (χ1v) is 9.53. The number of methoxy groups -OCH3 is 1. The molecule has 0 bridgehead atoms. The van der Waals surface area contributed by atoms with Gasteiger partial charge in [-0.15, -0.1) is 0 Å². The Balaban J connectivity index is 1.50. The van der Waals surface area contributed by atoms with Gasteiger partial charge in [0.25, 0.3) is 5.91 Å². The van der Waals surface area contributed by atoms with Crippen LogP contribution >= 0.6 is 0 Å². The molecule has 0 saturated carbocycles. The van der Waals surface area contributed by atoms with Crippen LogP contribution < -0.4 is 15.4 Å². The Morgan fingerprint density at radius 3 is 2.67 bits per heavy atom. The zero-order valence-corrected chi connectivity index (χ0v) is 16.5. The van der Waals surface area contributed by atoms with Gasteiger partial charge in [0.05, 0.1) is 12.8 Å². The number of rotatable bonds is 6. The van der Waals surface area contributed by atoms with Crippen molar-refractivity contribution in [1.29, 1.82) is 0 Å². The van der Waals surface area contributed by atoms with E-state index >= 15 is 0 Å². The van der Waals surface area contributed by atoms with E-state index < -0.39 is 11.6 Å². The number of hydrogen-bond donors (Lipinski definition) is 2. The summed E-state index contributed by atoms with van der Waals surface area (Å²) in [6, 6.07) is 14.3. The predicted octanol–water partition coefficient (Wildman–Crippen LogP) is 4.14. The van der Waals surface area contributed by atoms with Crippen molar-refractivity contribution in [2.45, 2.75) is 13.0 Å². The molecular formula is C23H21F2N2O3+. The topological polar surface area (TPSA) is 68.1 Å². The maximum absolute atomic E-state index is 13.9. The number of anilines is 1. The van der Waals surface area contributed by atoms with Gasteiger partial charge in [-0.1, -0.05) is 18.2 Å². The van der Waals surface area contributed by atoms with Crippen molar-refractivity contribution in [2.75, 3.05) is 19.0 Å². The van der Waals surface area contributed by atoms with Crippen LogP contribution in [0, 0.1) is 11.6 Å². The molecular weight excluding hydrogens is 390 g/mol. The summed E-state index contributed by atoms with van der Waals surface area (Å²) < 4.78 is 38.3. The lowest BCUT2D eigenvalue weighted by Gasteiger charge is -2.13. The standard InChI is InChI=1S/C23H20F2N2O3/c1-13(15-8-7-14(24)9-18(15)25)26-12-23(28)27-19-11-21-17(10-22(19)29-2)16-5-3-4-6-20(16)30-21/h3-11,13,26H,12H2,1-2H3,(H,27,28)/p+1/t13-/m1/s1. The number of hydrogen-bond acceptors (Lipinski definition) is 3. The summed E-state index contributed by atoms with van der Waals surface area (Å²) >= 11 is 0. The van der Waals surface area contributed by atoms with Gasteiger partial charge >= 0.3 is 0 Å². The van der Waals surface area contributed by atoms with Crippen molar-refractivity contribution in [3.8, 4) is 5.75 Å². The highest BCUT2D eigenvalue weighted by Gasteiger charge is 2.18. The second-order valence-corrected chi connectivity index (χ2v) is 7.09. The second-order valence-electron chi connectivity index (χ2n) is 7.09. The number of quaternary nitrogens is 1. The van der Waals surface area contributed by atoms with E-state index in [4.69, 9.17) is 9.15 Å². The van der Waals surface area contributed by atoms with Gasteiger partial charge in [-0.3, -0.25) is 4.79 Å². The summed E-state index contributed by atoms with van der Waals surface area (Å²) in [6.45, 7) is 1.81. The van der Waals surface area contributed by atoms with Crippen LogP contribution in [0.3, 0.4) is 0 Å². The minimum absolute atomic E-state index is 0.0549. The van der Waals surface area contributed by atoms with Gasteiger partial charge in [0.15, 0.2) is 6.54 Å². The number of furan rings is 1. The highest BCUT2D eigenvalue weighted by molar-refractivity contribution is 6.07. The van der Waals surface area contributed by atoms with Crippen LogP contribution in [0.1, 0.15) is 18.5 Å². The smallest absolute Gasteiger partial charge is 0.279 e. The molecule has 3 aromatic carbocycles. The molecule has 7 heteroatoms. The van der Waals surface area contributed by atoms with Gasteiger partial charge in [0, 0.05) is 28.5 Å². The third kappa shape index (κ3) is 3.84. The zero-order valence-electron chi connectivity index (χ0n) is 16.5. The first kappa shape index (κ1) is 19.8. The van der Waals surface area contributed by atoms with Gasteiger partial charge in [0.2, 0.25) is 0 Å². The van der Waals surface area contributed by atoms with Crippen molar-refractivity contribution in [3.05, 3.63) is 71.8 Å². The average molecular weight is 411 g/mol. The number of amides is 1. The number of fused-ring (bicyclic) bond motifs is 3. The van der Waals surface area contributed by atoms with Crippen LogP contribution in [0.2, 0.25) is 0 Å². The van der Waals surface area contributed by atoms with Crippen molar-refractivity contribution >= 4 is 33.5 Å². The van der Waals surface area contributed by atoms with E-state index in [0.29, 0.717) is 22.6 Å². The number of carbonyl (C=O) groups is 1. The van der Waals surface area contributed by atoms with Gasteiger partial charge in [-0.25, -0.2) is 8.78 Å². The van der Waals surface area contributed by atoms with Crippen LogP contribution in [-0.2, 0) is 4.79 Å². The molecule has 30 heavy (non-hydrogen) atoms. The Morgan fingerprint density at radius 2 is 1.90 bits per heavy atom. The first-order valence-electron chi connectivity index (χ1n) is 9.53. The molecule has 1 atom stereocenters. The second kappa shape index (κ2) is 8.12. The molecule has 1 amide bonds. The lowest BCUT2D eigenvalue weighted by atomic mass is 10.1. The number of para-hydroxylation sites is 1. The summed E-state index contributed by atoms with van der Waals surface area (Å²) in [6.07, 6.45) is 0. The third-order valence-corrected chi connectivity index (χ3v) is 5.08. The molecule has 0 unspecified atom stereocenters. The lowest BCUT2D eigenvalue weighted by molar-refractivity contribution is -0.682. The van der Waals surface area contributed by atoms with Crippen molar-refractivity contribution in [1.82, 2.24) is 0 Å². The van der Waals surface area contributed by atoms with Crippen LogP contribution in [-0.4, -0.2) is 19.6 Å². The number of carbonyl (C=O) groups excluding carboxylic acids is 1. The molecule has 0 radical (unpaired) electrons. The highest BCUT2D eigenvalue weighted by Crippen LogP contribution is 2.36. The van der Waals surface area contributed by atoms with Crippen LogP contribution in [0.4, 0.5) is 14.5 Å². The molecule has 0 aliphatic heterocycles. The molecule has 5 nitrogen and oxygen atoms in total. The molecule has 3 N–H and O–H groups in total. The monoisotopic (exact) mass is 411 g/mol. The Bertz CT molecular complexity index is 1240. The molecule has 1 aromatic heterocycles. The molecule has 0 spiro atoms. The summed E-state index contributed by atoms with van der Waals surface area (Å²) in [5.74, 6) is -1.02. The van der Waals surface area contributed by atoms with Gasteiger partial charge in [0.1, 0.15) is 34.6 Å². The van der Waals surface area contributed by atoms with Crippen LogP contribution in [0.15, 0.2) is 59.0 Å². The van der Waals surface area contributed by atoms with Gasteiger partial charge in [-0.2, -0.15) is 0 Å². The van der Waals surface area contributed by atoms with Crippen molar-refractivity contribution < 1.29 is 28.0 Å². The van der Waals surface area contributed by atoms with E-state index in [0.717, 1.165) is 22.4 Å². The van der Waals surface area contributed by atoms with E-state index in [2.05, 4.69) is 5.32 Å². The molecule has 0 aliphatic carbocycles. The quantitative estimate of drug-likeness (QED) is 0.501. The minimum atomic E-state index is -0.630. The number of nitrogens with one attached hydrogen (secondary N) is 1. The van der Waals surface area contributed by atoms with Crippen molar-refractivity contribution in [2.24, 2.45) is 0 Å². The fraction of sp³-hybridized carbons (Fsp3) is 0.174. The van der Waals surface area contributed by atoms with Gasteiger partial charge in [-0.05, 0) is 31.2 Å². The third-order valence-electron chi connectivity index (χ3n) is 5.08. The van der Waals surface area contributed by atoms with Crippen LogP contribution in [0.5, 0.6) is 5.75 Å². The molecule has 154 valence electrons. The minimum Gasteiger partial charge on any atom is -0.495 e. The lowest BCUT2D eigenvalue weighted by Crippen LogP contribution is -2.86. The zero-order chi connectivity index (χ0) is 21.3. The Kier molecular flexibility index (Phi) is 5.37. The molecule has 1 heterocycles. The fourth-order valence-electron chi connectivity index (χ4n) is 3.50. The van der Waals surface area contributed by atoms with Crippen LogP contribution in [0.25, 0.3) is 21.9 Å². The largest absolute Gasteiger partial charge is 0.495 e. The number of ether oxygens (including phenoxy) is 1. The van der Waals surface area contributed by atoms with Crippen molar-refractivity contribution in [3.63, 3.8) is 0 Å². The SMILES string of the molecule is COc1cc2c(cc1NC(=O)C[NH2+][C@H](C)c1ccc(F)cc1F)oc1ccccc12. The number of benzene rings is 3. The Labute approximate surface area is 171 Å². The molecule has 0 fully saturated rings. The summed E-state index contributed by atoms with van der Waals surface area (Å²) in [5.41, 5.74) is 2.22. The van der Waals surface area contributed by atoms with E-state index in [-0.39, 0.29) is 18.5 Å². The predicted molar refractivity (Wildman–Crippen MR) is 110 cm³/mol. The molecule has 4 rings (SSSR count). The summed E-state index contributed by atoms with van der Waals surface area (Å²) in [4.78, 5) is 12.5. The average Bonchev–Trinajstić information content (AvgIpc) is 3.08. The maximum atomic E-state index is 13.9. The maximum Gasteiger partial charge on any atom is 0.279 e. The summed E-state index contributed by atoms with van der Waals surface area (Å²) in [7, 11) is 1.53. The van der Waals surface area contributed by atoms with Gasteiger partial charge < -0.3 is 19.8 Å². The highest BCUT2D eigenvalue weighted by atomic mass is 19.1. The first-order chi connectivity index (χ1) is 14.5. The molecule has 4 aromatic rings. The summed E-state index contributed by atoms with van der Waals surface area (Å²) in [5, 5.41) is 6.36. The normalized spacial score (nSPS) is 12.3. The number of halogens is 2. The van der Waals surface area contributed by atoms with E-state index in [1.54, 1.807) is 18.3 Å². The number of nitrogens with two attached hydrogens (primary N) is 1. The van der Waals surface area contributed by atoms with E-state index in [1.165, 1.54) is 19.2 Å². The fourth-order valence-corrected chi connectivity index (χ4v) is 3.50. The Morgan fingerprint density at radius 1 is 1.10 bits per heavy atom. The van der Waals surface area contributed by atoms with E-state index in [1.807, 2.05) is 30.3 Å². The Hall–Kier alpha value is -3.45. The molecule has 0 saturated heterocycles. The van der Waals surface area contributed by atoms with E-state index in [9.17, 15) is 13.6 Å². The molecule has 0 aliphatic rings.